The second-order valence-corrected chi connectivity index (χ2v) is 4.64. The standard InChI is InChI=1S/C13H20N2/c1-10-6-13(9-15-8-10)12-4-2-11(7-14)3-5-12/h2-5,10,13,15H,6-9,14H2,1H3. The smallest absolute Gasteiger partial charge is 0.0178 e. The summed E-state index contributed by atoms with van der Waals surface area (Å²) in [6, 6.07) is 8.75. The first kappa shape index (κ1) is 10.7. The fraction of sp³-hybridized carbons (Fsp3) is 0.538. The highest BCUT2D eigenvalue weighted by Crippen LogP contribution is 2.26. The van der Waals surface area contributed by atoms with Crippen LogP contribution in [-0.4, -0.2) is 13.1 Å². The average molecular weight is 204 g/mol. The molecule has 2 nitrogen and oxygen atoms in total. The molecule has 82 valence electrons. The van der Waals surface area contributed by atoms with Gasteiger partial charge in [-0.2, -0.15) is 0 Å². The lowest BCUT2D eigenvalue weighted by Crippen LogP contribution is -2.33. The molecule has 1 fully saturated rings. The third-order valence-electron chi connectivity index (χ3n) is 3.26. The zero-order chi connectivity index (χ0) is 10.7. The van der Waals surface area contributed by atoms with Gasteiger partial charge in [-0.1, -0.05) is 31.2 Å². The van der Waals surface area contributed by atoms with Crippen LogP contribution in [0.5, 0.6) is 0 Å². The summed E-state index contributed by atoms with van der Waals surface area (Å²) in [6.45, 7) is 5.23. The molecule has 1 saturated heterocycles. The van der Waals surface area contributed by atoms with Crippen molar-refractivity contribution in [3.63, 3.8) is 0 Å². The van der Waals surface area contributed by atoms with Crippen LogP contribution < -0.4 is 11.1 Å². The molecular weight excluding hydrogens is 184 g/mol. The highest BCUT2D eigenvalue weighted by Gasteiger charge is 2.19. The van der Waals surface area contributed by atoms with Crippen LogP contribution in [0.2, 0.25) is 0 Å². The van der Waals surface area contributed by atoms with Crippen LogP contribution in [0.4, 0.5) is 0 Å². The number of benzene rings is 1. The summed E-state index contributed by atoms with van der Waals surface area (Å²) in [7, 11) is 0. The van der Waals surface area contributed by atoms with Crippen LogP contribution in [0.25, 0.3) is 0 Å². The minimum atomic E-state index is 0.638. The highest BCUT2D eigenvalue weighted by molar-refractivity contribution is 5.26. The monoisotopic (exact) mass is 204 g/mol. The van der Waals surface area contributed by atoms with Gasteiger partial charge in [-0.05, 0) is 35.9 Å². The molecule has 0 bridgehead atoms. The summed E-state index contributed by atoms with van der Waals surface area (Å²) >= 11 is 0. The van der Waals surface area contributed by atoms with Crippen LogP contribution in [0.3, 0.4) is 0 Å². The zero-order valence-electron chi connectivity index (χ0n) is 9.37. The Morgan fingerprint density at radius 1 is 1.27 bits per heavy atom. The lowest BCUT2D eigenvalue weighted by molar-refractivity contribution is 0.364. The zero-order valence-corrected chi connectivity index (χ0v) is 9.37. The van der Waals surface area contributed by atoms with Crippen molar-refractivity contribution in [3.8, 4) is 0 Å². The Hall–Kier alpha value is -0.860. The number of hydrogen-bond acceptors (Lipinski definition) is 2. The van der Waals surface area contributed by atoms with Crippen molar-refractivity contribution in [2.45, 2.75) is 25.8 Å². The molecule has 2 unspecified atom stereocenters. The molecule has 0 aromatic heterocycles. The molecule has 1 aromatic carbocycles. The lowest BCUT2D eigenvalue weighted by Gasteiger charge is -2.28. The number of hydrogen-bond donors (Lipinski definition) is 2. The summed E-state index contributed by atoms with van der Waals surface area (Å²) in [6.07, 6.45) is 1.30. The summed E-state index contributed by atoms with van der Waals surface area (Å²) in [5.74, 6) is 1.47. The maximum absolute atomic E-state index is 5.59. The Labute approximate surface area is 91.9 Å². The van der Waals surface area contributed by atoms with E-state index in [0.29, 0.717) is 12.5 Å². The van der Waals surface area contributed by atoms with Crippen molar-refractivity contribution in [2.75, 3.05) is 13.1 Å². The molecular formula is C13H20N2. The summed E-state index contributed by atoms with van der Waals surface area (Å²) in [5, 5.41) is 3.49. The van der Waals surface area contributed by atoms with E-state index in [9.17, 15) is 0 Å². The molecule has 0 aliphatic carbocycles. The van der Waals surface area contributed by atoms with E-state index in [2.05, 4.69) is 36.5 Å². The fourth-order valence-corrected chi connectivity index (χ4v) is 2.34. The minimum Gasteiger partial charge on any atom is -0.326 e. The minimum absolute atomic E-state index is 0.638. The number of nitrogens with two attached hydrogens (primary N) is 1. The van der Waals surface area contributed by atoms with Crippen LogP contribution in [0, 0.1) is 5.92 Å². The van der Waals surface area contributed by atoms with Gasteiger partial charge >= 0.3 is 0 Å². The van der Waals surface area contributed by atoms with Gasteiger partial charge in [0.25, 0.3) is 0 Å². The molecule has 1 heterocycles. The molecule has 0 amide bonds. The summed E-state index contributed by atoms with van der Waals surface area (Å²) in [4.78, 5) is 0. The number of piperidine rings is 1. The number of nitrogens with one attached hydrogen (secondary N) is 1. The SMILES string of the molecule is CC1CNCC(c2ccc(CN)cc2)C1. The van der Waals surface area contributed by atoms with Gasteiger partial charge in [0.05, 0.1) is 0 Å². The van der Waals surface area contributed by atoms with E-state index in [1.165, 1.54) is 17.5 Å². The Bertz CT molecular complexity index is 305. The Morgan fingerprint density at radius 2 is 2.00 bits per heavy atom. The normalized spacial score (nSPS) is 26.5. The summed E-state index contributed by atoms with van der Waals surface area (Å²) < 4.78 is 0. The van der Waals surface area contributed by atoms with E-state index in [1.54, 1.807) is 0 Å². The van der Waals surface area contributed by atoms with E-state index >= 15 is 0 Å². The quantitative estimate of drug-likeness (QED) is 0.771. The molecule has 1 aromatic rings. The largest absolute Gasteiger partial charge is 0.326 e. The number of rotatable bonds is 2. The van der Waals surface area contributed by atoms with Crippen LogP contribution in [-0.2, 0) is 6.54 Å². The molecule has 1 aliphatic heterocycles. The maximum atomic E-state index is 5.59. The maximum Gasteiger partial charge on any atom is 0.0178 e. The van der Waals surface area contributed by atoms with Crippen LogP contribution in [0.15, 0.2) is 24.3 Å². The van der Waals surface area contributed by atoms with Crippen LogP contribution in [0.1, 0.15) is 30.4 Å². The Kier molecular flexibility index (Phi) is 3.39. The van der Waals surface area contributed by atoms with Crippen molar-refractivity contribution < 1.29 is 0 Å². The Morgan fingerprint density at radius 3 is 2.60 bits per heavy atom. The molecule has 0 spiro atoms. The van der Waals surface area contributed by atoms with Gasteiger partial charge in [-0.25, -0.2) is 0 Å². The molecule has 3 N–H and O–H groups in total. The third-order valence-corrected chi connectivity index (χ3v) is 3.26. The second kappa shape index (κ2) is 4.77. The van der Waals surface area contributed by atoms with E-state index in [0.717, 1.165) is 19.0 Å². The van der Waals surface area contributed by atoms with Gasteiger partial charge in [0.2, 0.25) is 0 Å². The van der Waals surface area contributed by atoms with Gasteiger partial charge in [0.1, 0.15) is 0 Å². The first-order valence-electron chi connectivity index (χ1n) is 5.79. The molecule has 0 radical (unpaired) electrons. The van der Waals surface area contributed by atoms with Crippen molar-refractivity contribution in [2.24, 2.45) is 11.7 Å². The molecule has 2 atom stereocenters. The molecule has 1 aliphatic rings. The van der Waals surface area contributed by atoms with Gasteiger partial charge in [-0.15, -0.1) is 0 Å². The molecule has 2 heteroatoms. The fourth-order valence-electron chi connectivity index (χ4n) is 2.34. The third kappa shape index (κ3) is 2.58. The summed E-state index contributed by atoms with van der Waals surface area (Å²) in [5.41, 5.74) is 8.26. The predicted octanol–water partition coefficient (Wildman–Crippen LogP) is 1.86. The predicted molar refractivity (Wildman–Crippen MR) is 63.7 cm³/mol. The van der Waals surface area contributed by atoms with E-state index in [4.69, 9.17) is 5.73 Å². The first-order chi connectivity index (χ1) is 7.29. The molecule has 0 saturated carbocycles. The van der Waals surface area contributed by atoms with E-state index in [-0.39, 0.29) is 0 Å². The van der Waals surface area contributed by atoms with E-state index in [1.807, 2.05) is 0 Å². The van der Waals surface area contributed by atoms with Gasteiger partial charge in [-0.3, -0.25) is 0 Å². The van der Waals surface area contributed by atoms with Gasteiger partial charge in [0, 0.05) is 13.1 Å². The highest BCUT2D eigenvalue weighted by atomic mass is 14.9. The van der Waals surface area contributed by atoms with Crippen LogP contribution >= 0.6 is 0 Å². The lowest BCUT2D eigenvalue weighted by atomic mass is 9.86. The molecule has 15 heavy (non-hydrogen) atoms. The van der Waals surface area contributed by atoms with E-state index < -0.39 is 0 Å². The van der Waals surface area contributed by atoms with Gasteiger partial charge < -0.3 is 11.1 Å². The van der Waals surface area contributed by atoms with Crippen molar-refractivity contribution in [1.82, 2.24) is 5.32 Å². The Balaban J connectivity index is 2.07. The first-order valence-corrected chi connectivity index (χ1v) is 5.79. The second-order valence-electron chi connectivity index (χ2n) is 4.64. The van der Waals surface area contributed by atoms with Crippen molar-refractivity contribution in [3.05, 3.63) is 35.4 Å². The molecule has 2 rings (SSSR count). The van der Waals surface area contributed by atoms with Gasteiger partial charge in [0.15, 0.2) is 0 Å². The van der Waals surface area contributed by atoms with Crippen molar-refractivity contribution >= 4 is 0 Å². The average Bonchev–Trinajstić information content (AvgIpc) is 2.29. The van der Waals surface area contributed by atoms with Crippen molar-refractivity contribution in [1.29, 1.82) is 0 Å². The topological polar surface area (TPSA) is 38.0 Å².